The molecule has 0 aliphatic carbocycles. The van der Waals surface area contributed by atoms with E-state index in [2.05, 4.69) is 92.2 Å². The van der Waals surface area contributed by atoms with Crippen LogP contribution < -0.4 is 124 Å². The summed E-state index contributed by atoms with van der Waals surface area (Å²) in [6, 6.07) is 8.59. The second-order valence-corrected chi connectivity index (χ2v) is 17.2. The molecule has 0 radical (unpaired) electrons. The Labute approximate surface area is 540 Å². The van der Waals surface area contributed by atoms with Crippen molar-refractivity contribution in [2.24, 2.45) is 5.16 Å². The van der Waals surface area contributed by atoms with Gasteiger partial charge in [-0.05, 0) is 129 Å². The van der Waals surface area contributed by atoms with Crippen LogP contribution in [0.1, 0.15) is 129 Å². The number of rotatable bonds is 26. The van der Waals surface area contributed by atoms with Crippen molar-refractivity contribution in [1.29, 1.82) is 10.8 Å². The van der Waals surface area contributed by atoms with Gasteiger partial charge in [0.05, 0.1) is 36.4 Å². The van der Waals surface area contributed by atoms with Gasteiger partial charge in [-0.2, -0.15) is 0 Å². The minimum absolute atomic E-state index is 0. The number of alkyl halides is 1. The first-order chi connectivity index (χ1) is 36.2. The molecule has 0 aliphatic heterocycles. The van der Waals surface area contributed by atoms with Crippen LogP contribution in [0.3, 0.4) is 0 Å². The molecule has 0 atom stereocenters. The Morgan fingerprint density at radius 1 is 0.816 bits per heavy atom. The minimum Gasteiger partial charge on any atom is -1.00 e. The Morgan fingerprint density at radius 3 is 1.84 bits per heavy atom. The molecule has 408 valence electrons. The molecule has 23 nitrogen and oxygen atoms in total. The van der Waals surface area contributed by atoms with Crippen molar-refractivity contribution >= 4 is 67.9 Å². The molecule has 0 bridgehead atoms. The number of unbranched alkanes of at least 4 members (excludes halogenated alkanes) is 8. The van der Waals surface area contributed by atoms with Crippen LogP contribution in [-0.2, 0) is 38.4 Å². The number of alkyl carbamates (subject to hydrolysis) is 2. The molecule has 30 heteroatoms. The van der Waals surface area contributed by atoms with Crippen LogP contribution in [0, 0.1) is 22.5 Å². The molecule has 0 aliphatic rings. The monoisotopic (exact) mass is 1250 g/mol. The molecule has 76 heavy (non-hydrogen) atoms. The van der Waals surface area contributed by atoms with E-state index in [1.165, 1.54) is 24.3 Å². The first-order valence-corrected chi connectivity index (χ1v) is 24.7. The van der Waals surface area contributed by atoms with E-state index in [1.54, 1.807) is 12.1 Å². The number of halogens is 5. The van der Waals surface area contributed by atoms with Crippen LogP contribution in [-0.4, -0.2) is 92.0 Å². The summed E-state index contributed by atoms with van der Waals surface area (Å²) in [5.41, 5.74) is 3.00. The SMILES string of the molecule is CCCCCOC(=O)NC(=N)CCCCCc1nonc1-c1noc(=O)n1-c1ccc(F)c(Br)c1.CCCCCOC(=O)NC(=N)CCCCCc1nonc1/C(Cc1ccc(F)c(Br)c1)=N/O.O=CO[O-].[2H]CF.[H-].[K+].[K+]. The molecule has 3 heterocycles. The van der Waals surface area contributed by atoms with Gasteiger partial charge in [-0.3, -0.25) is 35.2 Å². The molecule has 0 fully saturated rings. The van der Waals surface area contributed by atoms with Gasteiger partial charge in [0.2, 0.25) is 5.82 Å². The quantitative estimate of drug-likeness (QED) is 0.00775. The van der Waals surface area contributed by atoms with E-state index in [0.717, 1.165) is 67.9 Å². The van der Waals surface area contributed by atoms with Crippen molar-refractivity contribution in [2.45, 2.75) is 123 Å². The normalized spacial score (nSPS) is 10.5. The smallest absolute Gasteiger partial charge is 1.00 e. The third-order valence-electron chi connectivity index (χ3n) is 10.0. The number of benzene rings is 2. The number of nitrogens with one attached hydrogen (secondary N) is 4. The predicted molar refractivity (Wildman–Crippen MR) is 267 cm³/mol. The van der Waals surface area contributed by atoms with E-state index >= 15 is 0 Å². The standard InChI is InChI=1S/C22H26BrFN6O5.C22H29BrFN5O4.CH3F.CH2O3.2K.H/c1-2-3-7-12-33-21(31)26-18(25)9-6-4-5-8-17-19(28-35-27-17)20-29-34-22(32)30(20)14-10-11-16(24)15(23)13-14;1-2-3-7-12-32-22(30)26-20(25)9-6-4-5-8-18-21(29-33-28-18)19(27-31)14-15-10-11-17(24)16(23)13-15;1-2;2-1-4-3;;;/h10-11,13H,2-9,12H2,1H3,(H2,25,26,31);10-11,13,31H,2-9,12,14H2,1H3,(H2,25,26,30);1H3;1,3H;;;/q;;;;2*+1;-1/p-1/b;27-19+;;;;;/i;;1D;;;;. The van der Waals surface area contributed by atoms with Gasteiger partial charge in [-0.15, -0.1) is 0 Å². The van der Waals surface area contributed by atoms with Crippen molar-refractivity contribution < 1.29 is 172 Å². The Kier molecular flexibility index (Phi) is 40.2. The number of carbonyl (C=O) groups is 3. The molecule has 5 rings (SSSR count). The maximum absolute atomic E-state index is 13.6. The Bertz CT molecular complexity index is 2620. The summed E-state index contributed by atoms with van der Waals surface area (Å²) >= 11 is 6.24. The summed E-state index contributed by atoms with van der Waals surface area (Å²) in [4.78, 5) is 46.8. The zero-order chi connectivity index (χ0) is 55.4. The first-order valence-electron chi connectivity index (χ1n) is 23.8. The van der Waals surface area contributed by atoms with Crippen molar-refractivity contribution in [2.75, 3.05) is 20.4 Å². The summed E-state index contributed by atoms with van der Waals surface area (Å²) in [5, 5.41) is 61.1. The summed E-state index contributed by atoms with van der Waals surface area (Å²) in [6.07, 6.45) is 11.0. The van der Waals surface area contributed by atoms with Gasteiger partial charge < -0.3 is 26.3 Å². The zero-order valence-electron chi connectivity index (χ0n) is 44.6. The van der Waals surface area contributed by atoms with E-state index in [4.69, 9.17) is 45.5 Å². The average molecular weight is 1260 g/mol. The van der Waals surface area contributed by atoms with Crippen LogP contribution >= 0.6 is 31.9 Å². The number of amides is 2. The van der Waals surface area contributed by atoms with Gasteiger partial charge in [0.1, 0.15) is 40.4 Å². The van der Waals surface area contributed by atoms with Crippen LogP contribution in [0.25, 0.3) is 17.2 Å². The first kappa shape index (κ1) is 70.5. The maximum Gasteiger partial charge on any atom is 1.00 e. The Hall–Kier alpha value is -3.54. The van der Waals surface area contributed by atoms with Crippen LogP contribution in [0.15, 0.2) is 69.1 Å². The molecule has 5 aromatic rings. The molecule has 2 amide bonds. The van der Waals surface area contributed by atoms with Crippen molar-refractivity contribution in [1.82, 2.24) is 41.0 Å². The van der Waals surface area contributed by atoms with Crippen LogP contribution in [0.4, 0.5) is 22.8 Å². The van der Waals surface area contributed by atoms with Crippen molar-refractivity contribution in [3.05, 3.63) is 90.2 Å². The van der Waals surface area contributed by atoms with Crippen molar-refractivity contribution in [3.63, 3.8) is 0 Å². The van der Waals surface area contributed by atoms with Crippen molar-refractivity contribution in [3.8, 4) is 17.2 Å². The average Bonchev–Trinajstić information content (AvgIpc) is 4.16. The minimum atomic E-state index is -1.00. The topological polar surface area (TPSA) is 332 Å². The number of carbonyl (C=O) groups excluding carboxylic acids is 3. The molecule has 3 aromatic heterocycles. The molecule has 0 spiro atoms. The third-order valence-corrected chi connectivity index (χ3v) is 11.2. The second kappa shape index (κ2) is 43.4. The number of hydrogen-bond acceptors (Lipinski definition) is 20. The van der Waals surface area contributed by atoms with E-state index in [9.17, 15) is 32.8 Å². The number of oxime groups is 1. The van der Waals surface area contributed by atoms with Crippen LogP contribution in [0.2, 0.25) is 0 Å². The van der Waals surface area contributed by atoms with Gasteiger partial charge in [0.25, 0.3) is 6.47 Å². The van der Waals surface area contributed by atoms with E-state index < -0.39 is 30.9 Å². The number of nitrogens with zero attached hydrogens (tertiary/aromatic N) is 7. The fourth-order valence-electron chi connectivity index (χ4n) is 6.41. The molecular weight excluding hydrogens is 1190 g/mol. The number of amidine groups is 2. The fraction of sp³-hybridized carbons (Fsp3) is 0.478. The summed E-state index contributed by atoms with van der Waals surface area (Å²) in [5.74, 6) is -1.30. The summed E-state index contributed by atoms with van der Waals surface area (Å²) in [6.45, 7) is 4.66. The van der Waals surface area contributed by atoms with Gasteiger partial charge in [0.15, 0.2) is 11.4 Å². The number of aromatic nitrogens is 6. The van der Waals surface area contributed by atoms with Gasteiger partial charge in [0, 0.05) is 19.3 Å². The summed E-state index contributed by atoms with van der Waals surface area (Å²) < 4.78 is 68.8. The van der Waals surface area contributed by atoms with E-state index in [0.29, 0.717) is 85.4 Å². The molecule has 0 saturated heterocycles. The third kappa shape index (κ3) is 27.9. The maximum atomic E-state index is 13.6. The number of hydrogen-bond donors (Lipinski definition) is 5. The molecule has 5 N–H and O–H groups in total. The fourth-order valence-corrected chi connectivity index (χ4v) is 7.20. The molecular formula is C46H60Br2F3K2N11O12. The Balaban J connectivity index is 0. The number of ether oxygens (including phenoxy) is 2. The van der Waals surface area contributed by atoms with Gasteiger partial charge >= 0.3 is 121 Å². The Morgan fingerprint density at radius 2 is 1.33 bits per heavy atom. The largest absolute Gasteiger partial charge is 1.00 e. The van der Waals surface area contributed by atoms with Gasteiger partial charge in [-0.1, -0.05) is 79.1 Å². The second-order valence-electron chi connectivity index (χ2n) is 15.5. The molecule has 2 aromatic carbocycles. The van der Waals surface area contributed by atoms with E-state index in [-0.39, 0.29) is 156 Å². The predicted octanol–water partition coefficient (Wildman–Crippen LogP) is 3.30. The zero-order valence-corrected chi connectivity index (χ0v) is 52.1. The van der Waals surface area contributed by atoms with Gasteiger partial charge in [-0.25, -0.2) is 37.0 Å². The van der Waals surface area contributed by atoms with E-state index in [1.807, 2.05) is 0 Å². The number of aryl methyl sites for hydroxylation is 2. The molecule has 0 saturated carbocycles. The van der Waals surface area contributed by atoms with Crippen LogP contribution in [0.5, 0.6) is 0 Å². The summed E-state index contributed by atoms with van der Waals surface area (Å²) in [7, 11) is -1.00. The molecule has 0 unspecified atom stereocenters.